The Labute approximate surface area is 141 Å². The maximum absolute atomic E-state index is 13.6. The van der Waals surface area contributed by atoms with Crippen LogP contribution in [0, 0.1) is 5.82 Å². The van der Waals surface area contributed by atoms with Crippen molar-refractivity contribution in [2.75, 3.05) is 6.61 Å². The average molecular weight is 327 g/mol. The minimum atomic E-state index is -0.668. The summed E-state index contributed by atoms with van der Waals surface area (Å²) in [5.41, 5.74) is 1.26. The van der Waals surface area contributed by atoms with E-state index in [4.69, 9.17) is 4.74 Å². The quantitative estimate of drug-likeness (QED) is 0.589. The Kier molecular flexibility index (Phi) is 5.24. The molecule has 1 aromatic heterocycles. The first-order chi connectivity index (χ1) is 11.7. The van der Waals surface area contributed by atoms with Crippen molar-refractivity contribution in [2.45, 2.75) is 43.9 Å². The predicted octanol–water partition coefficient (Wildman–Crippen LogP) is 4.21. The zero-order chi connectivity index (χ0) is 16.8. The molecule has 2 aromatic rings. The summed E-state index contributed by atoms with van der Waals surface area (Å²) in [4.78, 5) is 16.7. The highest BCUT2D eigenvalue weighted by atomic mass is 19.1. The molecule has 24 heavy (non-hydrogen) atoms. The Morgan fingerprint density at radius 2 is 1.92 bits per heavy atom. The van der Waals surface area contributed by atoms with Crippen LogP contribution in [0.4, 0.5) is 4.39 Å². The molecule has 1 heterocycles. The highest BCUT2D eigenvalue weighted by molar-refractivity contribution is 5.83. The van der Waals surface area contributed by atoms with Crippen molar-refractivity contribution in [1.29, 1.82) is 0 Å². The van der Waals surface area contributed by atoms with Gasteiger partial charge in [-0.2, -0.15) is 0 Å². The van der Waals surface area contributed by atoms with Crippen LogP contribution in [-0.4, -0.2) is 17.6 Å². The number of carbonyl (C=O) groups is 1. The molecule has 1 aliphatic carbocycles. The van der Waals surface area contributed by atoms with Crippen LogP contribution in [0.2, 0.25) is 0 Å². The molecule has 0 N–H and O–H groups in total. The van der Waals surface area contributed by atoms with Crippen molar-refractivity contribution < 1.29 is 13.9 Å². The molecule has 126 valence electrons. The lowest BCUT2D eigenvalue weighted by Crippen LogP contribution is -2.35. The third-order valence-electron chi connectivity index (χ3n) is 4.82. The highest BCUT2D eigenvalue weighted by Gasteiger charge is 2.44. The summed E-state index contributed by atoms with van der Waals surface area (Å²) >= 11 is 0. The Bertz CT molecular complexity index is 681. The number of pyridine rings is 1. The number of carbonyl (C=O) groups excluding carboxylic acids is 1. The molecule has 1 fully saturated rings. The molecule has 3 rings (SSSR count). The van der Waals surface area contributed by atoms with E-state index < -0.39 is 5.41 Å². The number of hydrogen-bond donors (Lipinski definition) is 0. The highest BCUT2D eigenvalue weighted by Crippen LogP contribution is 2.42. The first kappa shape index (κ1) is 16.6. The second-order valence-electron chi connectivity index (χ2n) is 6.39. The number of aryl methyl sites for hydroxylation is 1. The van der Waals surface area contributed by atoms with Gasteiger partial charge in [-0.3, -0.25) is 9.78 Å². The molecule has 4 heteroatoms. The number of halogens is 1. The Morgan fingerprint density at radius 3 is 2.62 bits per heavy atom. The monoisotopic (exact) mass is 327 g/mol. The zero-order valence-corrected chi connectivity index (χ0v) is 13.7. The molecule has 0 unspecified atom stereocenters. The summed E-state index contributed by atoms with van der Waals surface area (Å²) in [5.74, 6) is -0.510. The SMILES string of the molecule is O=C(OCCCc1ccncc1)C1(c2cccc(F)c2)CCCC1. The van der Waals surface area contributed by atoms with Gasteiger partial charge in [-0.15, -0.1) is 0 Å². The van der Waals surface area contributed by atoms with Crippen LogP contribution in [0.1, 0.15) is 43.2 Å². The molecule has 0 atom stereocenters. The molecule has 1 saturated carbocycles. The van der Waals surface area contributed by atoms with Crippen molar-refractivity contribution in [3.05, 3.63) is 65.7 Å². The lowest BCUT2D eigenvalue weighted by molar-refractivity contribution is -0.150. The number of aromatic nitrogens is 1. The molecule has 0 aliphatic heterocycles. The third-order valence-corrected chi connectivity index (χ3v) is 4.82. The van der Waals surface area contributed by atoms with Gasteiger partial charge in [0.2, 0.25) is 0 Å². The maximum atomic E-state index is 13.6. The van der Waals surface area contributed by atoms with Gasteiger partial charge < -0.3 is 4.74 Å². The maximum Gasteiger partial charge on any atom is 0.316 e. The molecule has 3 nitrogen and oxygen atoms in total. The lowest BCUT2D eigenvalue weighted by atomic mass is 9.79. The van der Waals surface area contributed by atoms with Gasteiger partial charge in [0, 0.05) is 12.4 Å². The fourth-order valence-corrected chi connectivity index (χ4v) is 3.50. The van der Waals surface area contributed by atoms with Crippen LogP contribution in [0.5, 0.6) is 0 Å². The van der Waals surface area contributed by atoms with Gasteiger partial charge in [0.25, 0.3) is 0 Å². The third kappa shape index (κ3) is 3.64. The second-order valence-corrected chi connectivity index (χ2v) is 6.39. The summed E-state index contributed by atoms with van der Waals surface area (Å²) in [6, 6.07) is 10.3. The van der Waals surface area contributed by atoms with E-state index >= 15 is 0 Å². The van der Waals surface area contributed by atoms with E-state index in [0.717, 1.165) is 44.1 Å². The van der Waals surface area contributed by atoms with Crippen molar-refractivity contribution in [3.63, 3.8) is 0 Å². The van der Waals surface area contributed by atoms with Gasteiger partial charge in [0.05, 0.1) is 12.0 Å². The Balaban J connectivity index is 1.61. The van der Waals surface area contributed by atoms with Gasteiger partial charge in [-0.1, -0.05) is 25.0 Å². The molecular formula is C20H22FNO2. The lowest BCUT2D eigenvalue weighted by Gasteiger charge is -2.27. The van der Waals surface area contributed by atoms with Crippen molar-refractivity contribution in [2.24, 2.45) is 0 Å². The van der Waals surface area contributed by atoms with Crippen LogP contribution in [0.15, 0.2) is 48.8 Å². The fraction of sp³-hybridized carbons (Fsp3) is 0.400. The second kappa shape index (κ2) is 7.56. The number of esters is 1. The molecule has 1 aliphatic rings. The van der Waals surface area contributed by atoms with Crippen LogP contribution < -0.4 is 0 Å². The molecule has 0 amide bonds. The first-order valence-corrected chi connectivity index (χ1v) is 8.53. The van der Waals surface area contributed by atoms with Crippen LogP contribution in [-0.2, 0) is 21.4 Å². The largest absolute Gasteiger partial charge is 0.465 e. The Morgan fingerprint density at radius 1 is 1.17 bits per heavy atom. The van der Waals surface area contributed by atoms with Gasteiger partial charge in [0.1, 0.15) is 5.82 Å². The Hall–Kier alpha value is -2.23. The fourth-order valence-electron chi connectivity index (χ4n) is 3.50. The van der Waals surface area contributed by atoms with Crippen LogP contribution >= 0.6 is 0 Å². The number of hydrogen-bond acceptors (Lipinski definition) is 3. The number of rotatable bonds is 6. The van der Waals surface area contributed by atoms with E-state index in [1.807, 2.05) is 18.2 Å². The predicted molar refractivity (Wildman–Crippen MR) is 90.1 cm³/mol. The van der Waals surface area contributed by atoms with Gasteiger partial charge in [-0.05, 0) is 61.1 Å². The molecule has 0 radical (unpaired) electrons. The smallest absolute Gasteiger partial charge is 0.316 e. The van der Waals surface area contributed by atoms with E-state index in [0.29, 0.717) is 6.61 Å². The summed E-state index contributed by atoms with van der Waals surface area (Å²) in [6.07, 6.45) is 8.57. The summed E-state index contributed by atoms with van der Waals surface area (Å²) in [5, 5.41) is 0. The molecule has 0 saturated heterocycles. The van der Waals surface area contributed by atoms with E-state index in [1.54, 1.807) is 18.5 Å². The van der Waals surface area contributed by atoms with Crippen molar-refractivity contribution in [3.8, 4) is 0 Å². The zero-order valence-electron chi connectivity index (χ0n) is 13.7. The van der Waals surface area contributed by atoms with Gasteiger partial charge in [-0.25, -0.2) is 4.39 Å². The van der Waals surface area contributed by atoms with Gasteiger partial charge >= 0.3 is 5.97 Å². The normalized spacial score (nSPS) is 16.0. The summed E-state index contributed by atoms with van der Waals surface area (Å²) < 4.78 is 19.2. The van der Waals surface area contributed by atoms with Crippen molar-refractivity contribution in [1.82, 2.24) is 4.98 Å². The average Bonchev–Trinajstić information content (AvgIpc) is 3.11. The topological polar surface area (TPSA) is 39.2 Å². The molecule has 1 aromatic carbocycles. The van der Waals surface area contributed by atoms with Gasteiger partial charge in [0.15, 0.2) is 0 Å². The summed E-state index contributed by atoms with van der Waals surface area (Å²) in [6.45, 7) is 0.387. The van der Waals surface area contributed by atoms with E-state index in [2.05, 4.69) is 4.98 Å². The van der Waals surface area contributed by atoms with Crippen molar-refractivity contribution >= 4 is 5.97 Å². The number of nitrogens with zero attached hydrogens (tertiary/aromatic N) is 1. The van der Waals surface area contributed by atoms with Crippen LogP contribution in [0.25, 0.3) is 0 Å². The minimum Gasteiger partial charge on any atom is -0.465 e. The molecule has 0 bridgehead atoms. The standard InChI is InChI=1S/C20H22FNO2/c21-18-7-3-6-17(15-18)20(10-1-2-11-20)19(23)24-14-4-5-16-8-12-22-13-9-16/h3,6-9,12-13,15H,1-2,4-5,10-11,14H2. The minimum absolute atomic E-state index is 0.208. The first-order valence-electron chi connectivity index (χ1n) is 8.53. The van der Waals surface area contributed by atoms with E-state index in [9.17, 15) is 9.18 Å². The number of benzene rings is 1. The van der Waals surface area contributed by atoms with E-state index in [1.165, 1.54) is 17.7 Å². The summed E-state index contributed by atoms with van der Waals surface area (Å²) in [7, 11) is 0. The van der Waals surface area contributed by atoms with Crippen LogP contribution in [0.3, 0.4) is 0 Å². The molecule has 0 spiro atoms. The number of ether oxygens (including phenoxy) is 1. The molecular weight excluding hydrogens is 305 g/mol. The van der Waals surface area contributed by atoms with E-state index in [-0.39, 0.29) is 11.8 Å².